The van der Waals surface area contributed by atoms with Gasteiger partial charge in [-0.25, -0.2) is 0 Å². The fourth-order valence-electron chi connectivity index (χ4n) is 5.97. The molecule has 0 heterocycles. The van der Waals surface area contributed by atoms with Gasteiger partial charge in [-0.2, -0.15) is 0 Å². The molecule has 0 saturated heterocycles. The second-order valence-electron chi connectivity index (χ2n) is 9.98. The second kappa shape index (κ2) is 7.20. The number of benzene rings is 1. The third-order valence-electron chi connectivity index (χ3n) is 7.56. The molecule has 0 aliphatic heterocycles. The minimum absolute atomic E-state index is 0.114. The van der Waals surface area contributed by atoms with Gasteiger partial charge in [-0.05, 0) is 78.5 Å². The molecule has 1 fully saturated rings. The summed E-state index contributed by atoms with van der Waals surface area (Å²) in [6.45, 7) is 12.7. The molecule has 2 aliphatic carbocycles. The Bertz CT molecular complexity index is 810. The van der Waals surface area contributed by atoms with Gasteiger partial charge in [0.05, 0.1) is 11.1 Å². The topological polar surface area (TPSA) is 69.9 Å². The van der Waals surface area contributed by atoms with E-state index >= 15 is 0 Å². The minimum Gasteiger partial charge on any atom is -0.481 e. The van der Waals surface area contributed by atoms with Gasteiger partial charge >= 0.3 is 5.97 Å². The van der Waals surface area contributed by atoms with Gasteiger partial charge in [0.15, 0.2) is 0 Å². The molecule has 1 aromatic rings. The fourth-order valence-corrected chi connectivity index (χ4v) is 5.97. The lowest BCUT2D eigenvalue weighted by atomic mass is 9.49. The molecule has 154 valence electrons. The molecule has 4 nitrogen and oxygen atoms in total. The van der Waals surface area contributed by atoms with E-state index in [0.29, 0.717) is 11.6 Å². The molecular formula is C24H35NO3. The molecule has 1 aromatic carbocycles. The molecule has 0 aromatic heterocycles. The van der Waals surface area contributed by atoms with Crippen LogP contribution in [0.15, 0.2) is 17.3 Å². The molecule has 1 saturated carbocycles. The first-order valence-electron chi connectivity index (χ1n) is 10.7. The maximum absolute atomic E-state index is 12.2. The van der Waals surface area contributed by atoms with Crippen molar-refractivity contribution in [1.82, 2.24) is 0 Å². The van der Waals surface area contributed by atoms with Crippen molar-refractivity contribution in [1.29, 1.82) is 0 Å². The number of rotatable bonds is 4. The SMILES string of the molecule is CC(C)/C(=N\O)c1cc2c(cc1C(C)C)CCC1[C@](C)(C(=O)O)CCC[C@]21C. The van der Waals surface area contributed by atoms with Crippen molar-refractivity contribution in [3.8, 4) is 0 Å². The molecule has 1 unspecified atom stereocenters. The van der Waals surface area contributed by atoms with Gasteiger partial charge < -0.3 is 10.3 Å². The van der Waals surface area contributed by atoms with Crippen LogP contribution in [0.1, 0.15) is 95.4 Å². The van der Waals surface area contributed by atoms with Crippen molar-refractivity contribution in [2.45, 2.75) is 85.0 Å². The quantitative estimate of drug-likeness (QED) is 0.394. The van der Waals surface area contributed by atoms with Gasteiger partial charge in [0.2, 0.25) is 0 Å². The largest absolute Gasteiger partial charge is 0.481 e. The number of carbonyl (C=O) groups is 1. The van der Waals surface area contributed by atoms with Crippen LogP contribution in [-0.4, -0.2) is 22.0 Å². The van der Waals surface area contributed by atoms with Crippen molar-refractivity contribution < 1.29 is 15.1 Å². The molecule has 2 aliphatic rings. The van der Waals surface area contributed by atoms with Crippen LogP contribution in [-0.2, 0) is 16.6 Å². The first-order valence-corrected chi connectivity index (χ1v) is 10.7. The monoisotopic (exact) mass is 385 g/mol. The normalized spacial score (nSPS) is 30.3. The first kappa shape index (κ1) is 20.9. The Morgan fingerprint density at radius 1 is 1.18 bits per heavy atom. The summed E-state index contributed by atoms with van der Waals surface area (Å²) in [5.41, 5.74) is 4.76. The third kappa shape index (κ3) is 3.05. The summed E-state index contributed by atoms with van der Waals surface area (Å²) in [7, 11) is 0. The number of hydrogen-bond donors (Lipinski definition) is 2. The Labute approximate surface area is 169 Å². The molecule has 0 bridgehead atoms. The van der Waals surface area contributed by atoms with E-state index in [2.05, 4.69) is 38.1 Å². The predicted molar refractivity (Wildman–Crippen MR) is 112 cm³/mol. The van der Waals surface area contributed by atoms with Crippen molar-refractivity contribution >= 4 is 11.7 Å². The van der Waals surface area contributed by atoms with Crippen LogP contribution in [0.25, 0.3) is 0 Å². The Kier molecular flexibility index (Phi) is 5.37. The molecule has 0 amide bonds. The maximum atomic E-state index is 12.2. The van der Waals surface area contributed by atoms with Crippen LogP contribution in [0.2, 0.25) is 0 Å². The molecule has 3 atom stereocenters. The summed E-state index contributed by atoms with van der Waals surface area (Å²) >= 11 is 0. The average molecular weight is 386 g/mol. The number of fused-ring (bicyclic) bond motifs is 3. The highest BCUT2D eigenvalue weighted by molar-refractivity contribution is 6.03. The Morgan fingerprint density at radius 3 is 2.39 bits per heavy atom. The first-order chi connectivity index (χ1) is 13.1. The summed E-state index contributed by atoms with van der Waals surface area (Å²) in [6.07, 6.45) is 4.55. The van der Waals surface area contributed by atoms with E-state index in [1.54, 1.807) is 0 Å². The Balaban J connectivity index is 2.22. The summed E-state index contributed by atoms with van der Waals surface area (Å²) < 4.78 is 0. The highest BCUT2D eigenvalue weighted by Gasteiger charge is 2.55. The van der Waals surface area contributed by atoms with Gasteiger partial charge in [-0.1, -0.05) is 52.3 Å². The van der Waals surface area contributed by atoms with Gasteiger partial charge in [0.25, 0.3) is 0 Å². The number of carboxylic acids is 1. The zero-order valence-corrected chi connectivity index (χ0v) is 18.2. The van der Waals surface area contributed by atoms with E-state index in [-0.39, 0.29) is 17.3 Å². The third-order valence-corrected chi connectivity index (χ3v) is 7.56. The van der Waals surface area contributed by atoms with Crippen molar-refractivity contribution in [3.63, 3.8) is 0 Å². The number of oxime groups is 1. The van der Waals surface area contributed by atoms with Crippen LogP contribution < -0.4 is 0 Å². The number of carboxylic acid groups (broad SMARTS) is 1. The lowest BCUT2D eigenvalue weighted by molar-refractivity contribution is -0.157. The highest BCUT2D eigenvalue weighted by atomic mass is 16.4. The predicted octanol–water partition coefficient (Wildman–Crippen LogP) is 5.74. The summed E-state index contributed by atoms with van der Waals surface area (Å²) in [5.74, 6) is -0.0869. The summed E-state index contributed by atoms with van der Waals surface area (Å²) in [6, 6.07) is 4.54. The smallest absolute Gasteiger partial charge is 0.309 e. The van der Waals surface area contributed by atoms with E-state index in [4.69, 9.17) is 0 Å². The fraction of sp³-hybridized carbons (Fsp3) is 0.667. The van der Waals surface area contributed by atoms with E-state index in [1.807, 2.05) is 20.8 Å². The number of nitrogens with zero attached hydrogens (tertiary/aromatic N) is 1. The summed E-state index contributed by atoms with van der Waals surface area (Å²) in [5, 5.41) is 23.4. The minimum atomic E-state index is -0.673. The zero-order valence-electron chi connectivity index (χ0n) is 18.2. The van der Waals surface area contributed by atoms with Crippen LogP contribution in [0.4, 0.5) is 0 Å². The standard InChI is InChI=1S/C24H35NO3/c1-14(2)17-12-16-8-9-20-23(5,10-7-11-24(20,6)22(26)27)19(16)13-18(17)21(25-28)15(3)4/h12-15,20,28H,7-11H2,1-6H3,(H,26,27)/b25-21+/t20?,23-,24-/m1/s1. The summed E-state index contributed by atoms with van der Waals surface area (Å²) in [4.78, 5) is 12.2. The Hall–Kier alpha value is -1.84. The zero-order chi connectivity index (χ0) is 20.9. The lowest BCUT2D eigenvalue weighted by Crippen LogP contribution is -2.52. The van der Waals surface area contributed by atoms with Crippen molar-refractivity contribution in [3.05, 3.63) is 34.4 Å². The van der Waals surface area contributed by atoms with Crippen LogP contribution in [0.5, 0.6) is 0 Å². The highest BCUT2D eigenvalue weighted by Crippen LogP contribution is 2.57. The molecule has 3 rings (SSSR count). The Morgan fingerprint density at radius 2 is 1.86 bits per heavy atom. The van der Waals surface area contributed by atoms with E-state index in [0.717, 1.165) is 37.7 Å². The van der Waals surface area contributed by atoms with E-state index in [9.17, 15) is 15.1 Å². The number of aryl methyl sites for hydroxylation is 1. The van der Waals surface area contributed by atoms with Crippen LogP contribution >= 0.6 is 0 Å². The van der Waals surface area contributed by atoms with E-state index in [1.165, 1.54) is 16.7 Å². The number of hydrogen-bond acceptors (Lipinski definition) is 3. The van der Waals surface area contributed by atoms with Crippen LogP contribution in [0.3, 0.4) is 0 Å². The van der Waals surface area contributed by atoms with E-state index < -0.39 is 11.4 Å². The van der Waals surface area contributed by atoms with Crippen LogP contribution in [0, 0.1) is 17.3 Å². The lowest BCUT2D eigenvalue weighted by Gasteiger charge is -2.53. The molecule has 4 heteroatoms. The van der Waals surface area contributed by atoms with Crippen molar-refractivity contribution in [2.24, 2.45) is 22.4 Å². The van der Waals surface area contributed by atoms with Gasteiger partial charge in [-0.3, -0.25) is 4.79 Å². The molecular weight excluding hydrogens is 350 g/mol. The van der Waals surface area contributed by atoms with Crippen molar-refractivity contribution in [2.75, 3.05) is 0 Å². The molecule has 0 spiro atoms. The van der Waals surface area contributed by atoms with Gasteiger partial charge in [0.1, 0.15) is 0 Å². The molecule has 0 radical (unpaired) electrons. The number of aliphatic carboxylic acids is 1. The molecule has 28 heavy (non-hydrogen) atoms. The van der Waals surface area contributed by atoms with Gasteiger partial charge in [0, 0.05) is 5.56 Å². The molecule has 2 N–H and O–H groups in total. The maximum Gasteiger partial charge on any atom is 0.309 e. The average Bonchev–Trinajstić information content (AvgIpc) is 2.61. The van der Waals surface area contributed by atoms with Gasteiger partial charge in [-0.15, -0.1) is 0 Å². The second-order valence-corrected chi connectivity index (χ2v) is 9.98.